The van der Waals surface area contributed by atoms with E-state index in [1.165, 1.54) is 44.6 Å². The SMILES string of the molecule is N#Cc1ccc(CNC2CCCCCC2)c(F)c1. The molecule has 1 N–H and O–H groups in total. The minimum atomic E-state index is -0.282. The van der Waals surface area contributed by atoms with Crippen LogP contribution in [0.3, 0.4) is 0 Å². The normalized spacial score (nSPS) is 17.1. The third kappa shape index (κ3) is 3.54. The van der Waals surface area contributed by atoms with Crippen molar-refractivity contribution in [3.05, 3.63) is 35.1 Å². The number of nitrogens with zero attached hydrogens (tertiary/aromatic N) is 1. The molecule has 1 aliphatic carbocycles. The van der Waals surface area contributed by atoms with Gasteiger partial charge in [-0.25, -0.2) is 4.39 Å². The lowest BCUT2D eigenvalue weighted by atomic mass is 10.1. The maximum absolute atomic E-state index is 13.7. The molecule has 0 radical (unpaired) electrons. The summed E-state index contributed by atoms with van der Waals surface area (Å²) in [7, 11) is 0. The standard InChI is InChI=1S/C15H19FN2/c16-15-9-12(10-17)7-8-13(15)11-18-14-5-3-1-2-4-6-14/h7-9,14,18H,1-6,11H2. The van der Waals surface area contributed by atoms with Crippen molar-refractivity contribution in [2.75, 3.05) is 0 Å². The van der Waals surface area contributed by atoms with E-state index in [0.717, 1.165) is 0 Å². The van der Waals surface area contributed by atoms with Gasteiger partial charge in [0.25, 0.3) is 0 Å². The zero-order valence-corrected chi connectivity index (χ0v) is 10.6. The molecule has 2 nitrogen and oxygen atoms in total. The van der Waals surface area contributed by atoms with Crippen molar-refractivity contribution in [3.8, 4) is 6.07 Å². The molecular formula is C15H19FN2. The molecule has 0 bridgehead atoms. The molecule has 0 atom stereocenters. The molecule has 0 amide bonds. The molecule has 3 heteroatoms. The second kappa shape index (κ2) is 6.51. The maximum atomic E-state index is 13.7. The predicted molar refractivity (Wildman–Crippen MR) is 69.4 cm³/mol. The Labute approximate surface area is 108 Å². The van der Waals surface area contributed by atoms with E-state index in [1.807, 2.05) is 6.07 Å². The first-order chi connectivity index (χ1) is 8.79. The molecule has 1 aromatic carbocycles. The summed E-state index contributed by atoms with van der Waals surface area (Å²) >= 11 is 0. The minimum absolute atomic E-state index is 0.282. The van der Waals surface area contributed by atoms with E-state index >= 15 is 0 Å². The summed E-state index contributed by atoms with van der Waals surface area (Å²) in [4.78, 5) is 0. The van der Waals surface area contributed by atoms with Crippen molar-refractivity contribution in [1.82, 2.24) is 5.32 Å². The van der Waals surface area contributed by atoms with Crippen LogP contribution in [0.5, 0.6) is 0 Å². The molecule has 0 aromatic heterocycles. The Balaban J connectivity index is 1.91. The van der Waals surface area contributed by atoms with Crippen LogP contribution >= 0.6 is 0 Å². The van der Waals surface area contributed by atoms with Gasteiger partial charge in [-0.2, -0.15) is 5.26 Å². The molecule has 1 fully saturated rings. The topological polar surface area (TPSA) is 35.8 Å². The van der Waals surface area contributed by atoms with Crippen LogP contribution in [0.2, 0.25) is 0 Å². The molecular weight excluding hydrogens is 227 g/mol. The fraction of sp³-hybridized carbons (Fsp3) is 0.533. The van der Waals surface area contributed by atoms with E-state index in [9.17, 15) is 4.39 Å². The molecule has 1 saturated carbocycles. The quantitative estimate of drug-likeness (QED) is 0.828. The highest BCUT2D eigenvalue weighted by Gasteiger charge is 2.12. The fourth-order valence-corrected chi connectivity index (χ4v) is 2.50. The average molecular weight is 246 g/mol. The van der Waals surface area contributed by atoms with Crippen LogP contribution < -0.4 is 5.32 Å². The minimum Gasteiger partial charge on any atom is -0.310 e. The Bertz CT molecular complexity index is 429. The zero-order chi connectivity index (χ0) is 12.8. The van der Waals surface area contributed by atoms with Gasteiger partial charge in [-0.05, 0) is 25.0 Å². The van der Waals surface area contributed by atoms with Crippen molar-refractivity contribution in [3.63, 3.8) is 0 Å². The lowest BCUT2D eigenvalue weighted by Crippen LogP contribution is -2.28. The van der Waals surface area contributed by atoms with Crippen LogP contribution in [0, 0.1) is 17.1 Å². The van der Waals surface area contributed by atoms with Crippen LogP contribution in [0.1, 0.15) is 49.7 Å². The first-order valence-electron chi connectivity index (χ1n) is 6.71. The third-order valence-electron chi connectivity index (χ3n) is 3.62. The molecule has 0 heterocycles. The molecule has 0 unspecified atom stereocenters. The highest BCUT2D eigenvalue weighted by molar-refractivity contribution is 5.32. The van der Waals surface area contributed by atoms with Crippen LogP contribution in [0.4, 0.5) is 4.39 Å². The van der Waals surface area contributed by atoms with Gasteiger partial charge >= 0.3 is 0 Å². The Hall–Kier alpha value is -1.40. The van der Waals surface area contributed by atoms with Crippen molar-refractivity contribution in [2.45, 2.75) is 51.1 Å². The Morgan fingerprint density at radius 2 is 1.94 bits per heavy atom. The lowest BCUT2D eigenvalue weighted by Gasteiger charge is -2.16. The van der Waals surface area contributed by atoms with E-state index in [-0.39, 0.29) is 5.82 Å². The Morgan fingerprint density at radius 3 is 2.56 bits per heavy atom. The van der Waals surface area contributed by atoms with E-state index in [2.05, 4.69) is 5.32 Å². The average Bonchev–Trinajstić information content (AvgIpc) is 2.66. The summed E-state index contributed by atoms with van der Waals surface area (Å²) in [5.41, 5.74) is 1.03. The maximum Gasteiger partial charge on any atom is 0.129 e. The molecule has 0 saturated heterocycles. The van der Waals surface area contributed by atoms with Crippen molar-refractivity contribution in [2.24, 2.45) is 0 Å². The summed E-state index contributed by atoms with van der Waals surface area (Å²) in [6, 6.07) is 7.15. The van der Waals surface area contributed by atoms with Crippen molar-refractivity contribution >= 4 is 0 Å². The molecule has 0 aliphatic heterocycles. The van der Waals surface area contributed by atoms with Gasteiger partial charge in [0.05, 0.1) is 11.6 Å². The molecule has 18 heavy (non-hydrogen) atoms. The van der Waals surface area contributed by atoms with Gasteiger partial charge in [0, 0.05) is 18.2 Å². The van der Waals surface area contributed by atoms with E-state index in [1.54, 1.807) is 12.1 Å². The fourth-order valence-electron chi connectivity index (χ4n) is 2.50. The predicted octanol–water partition coefficient (Wildman–Crippen LogP) is 3.51. The van der Waals surface area contributed by atoms with Crippen molar-refractivity contribution in [1.29, 1.82) is 5.26 Å². The summed E-state index contributed by atoms with van der Waals surface area (Å²) in [5, 5.41) is 12.1. The van der Waals surface area contributed by atoms with Crippen LogP contribution in [0.15, 0.2) is 18.2 Å². The molecule has 1 aromatic rings. The molecule has 0 spiro atoms. The largest absolute Gasteiger partial charge is 0.310 e. The third-order valence-corrected chi connectivity index (χ3v) is 3.62. The second-order valence-electron chi connectivity index (χ2n) is 4.99. The van der Waals surface area contributed by atoms with Crippen LogP contribution in [-0.4, -0.2) is 6.04 Å². The highest BCUT2D eigenvalue weighted by atomic mass is 19.1. The van der Waals surface area contributed by atoms with Crippen LogP contribution in [-0.2, 0) is 6.54 Å². The first-order valence-corrected chi connectivity index (χ1v) is 6.71. The number of hydrogen-bond acceptors (Lipinski definition) is 2. The number of nitrogens with one attached hydrogen (secondary N) is 1. The van der Waals surface area contributed by atoms with Gasteiger partial charge in [0.1, 0.15) is 5.82 Å². The van der Waals surface area contributed by atoms with Gasteiger partial charge in [0.2, 0.25) is 0 Å². The number of halogens is 1. The zero-order valence-electron chi connectivity index (χ0n) is 10.6. The summed E-state index contributed by atoms with van der Waals surface area (Å²) in [6.07, 6.45) is 7.57. The highest BCUT2D eigenvalue weighted by Crippen LogP contribution is 2.18. The van der Waals surface area contributed by atoms with Gasteiger partial charge in [0.15, 0.2) is 0 Å². The number of hydrogen-bond donors (Lipinski definition) is 1. The molecule has 96 valence electrons. The summed E-state index contributed by atoms with van der Waals surface area (Å²) in [6.45, 7) is 0.558. The van der Waals surface area contributed by atoms with E-state index in [0.29, 0.717) is 23.7 Å². The molecule has 2 rings (SSSR count). The Kier molecular flexibility index (Phi) is 4.72. The van der Waals surface area contributed by atoms with Crippen LogP contribution in [0.25, 0.3) is 0 Å². The monoisotopic (exact) mass is 246 g/mol. The van der Waals surface area contributed by atoms with Gasteiger partial charge in [-0.15, -0.1) is 0 Å². The number of benzene rings is 1. The van der Waals surface area contributed by atoms with Gasteiger partial charge in [-0.3, -0.25) is 0 Å². The molecule has 1 aliphatic rings. The number of nitriles is 1. The van der Waals surface area contributed by atoms with Gasteiger partial charge in [-0.1, -0.05) is 31.7 Å². The first kappa shape index (κ1) is 13.0. The lowest BCUT2D eigenvalue weighted by molar-refractivity contribution is 0.452. The smallest absolute Gasteiger partial charge is 0.129 e. The Morgan fingerprint density at radius 1 is 1.22 bits per heavy atom. The van der Waals surface area contributed by atoms with Crippen molar-refractivity contribution < 1.29 is 4.39 Å². The second-order valence-corrected chi connectivity index (χ2v) is 4.99. The number of rotatable bonds is 3. The van der Waals surface area contributed by atoms with E-state index in [4.69, 9.17) is 5.26 Å². The summed E-state index contributed by atoms with van der Waals surface area (Å²) < 4.78 is 13.7. The summed E-state index contributed by atoms with van der Waals surface area (Å²) in [5.74, 6) is -0.282. The van der Waals surface area contributed by atoms with E-state index < -0.39 is 0 Å². The van der Waals surface area contributed by atoms with Gasteiger partial charge < -0.3 is 5.32 Å².